The Morgan fingerprint density at radius 2 is 1.84 bits per heavy atom. The van der Waals surface area contributed by atoms with Crippen molar-refractivity contribution in [3.05, 3.63) is 11.8 Å². The van der Waals surface area contributed by atoms with Crippen LogP contribution < -0.4 is 10.6 Å². The lowest BCUT2D eigenvalue weighted by Gasteiger charge is -2.23. The molecule has 0 aliphatic heterocycles. The van der Waals surface area contributed by atoms with Gasteiger partial charge in [0.1, 0.15) is 5.82 Å². The van der Waals surface area contributed by atoms with Crippen LogP contribution in [0, 0.1) is 0 Å². The van der Waals surface area contributed by atoms with Gasteiger partial charge in [-0.3, -0.25) is 0 Å². The molecule has 1 heterocycles. The van der Waals surface area contributed by atoms with Crippen LogP contribution in [0.15, 0.2) is 6.07 Å². The molecule has 0 spiro atoms. The summed E-state index contributed by atoms with van der Waals surface area (Å²) < 4.78 is 38.2. The molecule has 0 unspecified atom stereocenters. The second-order valence-electron chi connectivity index (χ2n) is 4.69. The number of nitrogens with one attached hydrogen (secondary N) is 2. The first-order chi connectivity index (χ1) is 8.99. The molecule has 1 aliphatic rings. The van der Waals surface area contributed by atoms with Gasteiger partial charge in [-0.05, 0) is 12.8 Å². The van der Waals surface area contributed by atoms with E-state index in [1.165, 1.54) is 13.5 Å². The number of halogens is 3. The molecule has 2 rings (SSSR count). The first-order valence-corrected chi connectivity index (χ1v) is 6.39. The quantitative estimate of drug-likeness (QED) is 0.888. The van der Waals surface area contributed by atoms with Crippen molar-refractivity contribution in [1.82, 2.24) is 9.97 Å². The maximum absolute atomic E-state index is 12.7. The second-order valence-corrected chi connectivity index (χ2v) is 4.69. The molecule has 19 heavy (non-hydrogen) atoms. The van der Waals surface area contributed by atoms with Crippen molar-refractivity contribution in [2.24, 2.45) is 0 Å². The molecule has 0 amide bonds. The van der Waals surface area contributed by atoms with E-state index in [-0.39, 0.29) is 17.8 Å². The van der Waals surface area contributed by atoms with Gasteiger partial charge in [-0.15, -0.1) is 0 Å². The molecule has 1 saturated carbocycles. The Balaban J connectivity index is 2.19. The van der Waals surface area contributed by atoms with E-state index >= 15 is 0 Å². The van der Waals surface area contributed by atoms with Crippen molar-refractivity contribution < 1.29 is 13.2 Å². The van der Waals surface area contributed by atoms with Gasteiger partial charge in [0.25, 0.3) is 0 Å². The lowest BCUT2D eigenvalue weighted by Crippen LogP contribution is -2.24. The number of anilines is 2. The molecule has 0 aromatic carbocycles. The van der Waals surface area contributed by atoms with Crippen LogP contribution in [0.4, 0.5) is 24.9 Å². The summed E-state index contributed by atoms with van der Waals surface area (Å²) in [5, 5.41) is 5.63. The van der Waals surface area contributed by atoms with Gasteiger partial charge >= 0.3 is 6.18 Å². The zero-order valence-corrected chi connectivity index (χ0v) is 10.7. The highest BCUT2D eigenvalue weighted by molar-refractivity contribution is 5.43. The predicted molar refractivity (Wildman–Crippen MR) is 67.1 cm³/mol. The minimum absolute atomic E-state index is 0.0473. The fourth-order valence-corrected chi connectivity index (χ4v) is 2.21. The van der Waals surface area contributed by atoms with E-state index in [2.05, 4.69) is 20.6 Å². The fourth-order valence-electron chi connectivity index (χ4n) is 2.21. The lowest BCUT2D eigenvalue weighted by molar-refractivity contribution is -0.141. The Kier molecular flexibility index (Phi) is 4.11. The average molecular weight is 274 g/mol. The lowest BCUT2D eigenvalue weighted by atomic mass is 9.96. The van der Waals surface area contributed by atoms with Crippen molar-refractivity contribution >= 4 is 11.8 Å². The van der Waals surface area contributed by atoms with E-state index in [1.54, 1.807) is 0 Å². The van der Waals surface area contributed by atoms with E-state index < -0.39 is 11.9 Å². The first kappa shape index (κ1) is 13.9. The molecule has 2 N–H and O–H groups in total. The highest BCUT2D eigenvalue weighted by Crippen LogP contribution is 2.30. The molecule has 0 radical (unpaired) electrons. The maximum atomic E-state index is 12.7. The summed E-state index contributed by atoms with van der Waals surface area (Å²) in [6, 6.07) is 1.08. The van der Waals surface area contributed by atoms with Crippen molar-refractivity contribution in [1.29, 1.82) is 0 Å². The van der Waals surface area contributed by atoms with E-state index in [0.29, 0.717) is 0 Å². The van der Waals surface area contributed by atoms with E-state index in [9.17, 15) is 13.2 Å². The number of nitrogens with zero attached hydrogens (tertiary/aromatic N) is 2. The highest BCUT2D eigenvalue weighted by Gasteiger charge is 2.33. The Morgan fingerprint density at radius 3 is 2.42 bits per heavy atom. The van der Waals surface area contributed by atoms with Crippen LogP contribution in [0.25, 0.3) is 0 Å². The number of rotatable bonds is 3. The van der Waals surface area contributed by atoms with Crippen molar-refractivity contribution in [2.75, 3.05) is 17.7 Å². The normalized spacial score (nSPS) is 17.3. The Morgan fingerprint density at radius 1 is 1.16 bits per heavy atom. The van der Waals surface area contributed by atoms with Crippen LogP contribution in [0.2, 0.25) is 0 Å². The topological polar surface area (TPSA) is 49.8 Å². The largest absolute Gasteiger partial charge is 0.433 e. The summed E-state index contributed by atoms with van der Waals surface area (Å²) in [6.07, 6.45) is 0.814. The maximum Gasteiger partial charge on any atom is 0.433 e. The van der Waals surface area contributed by atoms with Crippen LogP contribution in [-0.4, -0.2) is 23.1 Å². The number of alkyl halides is 3. The standard InChI is InChI=1S/C12H17F3N4/c1-16-10-7-9(12(13,14)15)18-11(19-10)17-8-5-3-2-4-6-8/h7-8H,2-6H2,1H3,(H2,16,17,18,19). The minimum Gasteiger partial charge on any atom is -0.373 e. The third kappa shape index (κ3) is 3.71. The van der Waals surface area contributed by atoms with Crippen molar-refractivity contribution in [3.8, 4) is 0 Å². The third-order valence-corrected chi connectivity index (χ3v) is 3.21. The molecule has 1 fully saturated rings. The molecule has 0 bridgehead atoms. The van der Waals surface area contributed by atoms with Crippen LogP contribution >= 0.6 is 0 Å². The van der Waals surface area contributed by atoms with E-state index in [4.69, 9.17) is 0 Å². The smallest absolute Gasteiger partial charge is 0.373 e. The summed E-state index contributed by atoms with van der Waals surface area (Å²) in [5.74, 6) is 0.215. The van der Waals surface area contributed by atoms with Gasteiger partial charge in [-0.2, -0.15) is 18.2 Å². The van der Waals surface area contributed by atoms with E-state index in [1.807, 2.05) is 0 Å². The SMILES string of the molecule is CNc1cc(C(F)(F)F)nc(NC2CCCCC2)n1. The molecule has 1 aromatic rings. The van der Waals surface area contributed by atoms with Gasteiger partial charge in [-0.1, -0.05) is 19.3 Å². The molecular formula is C12H17F3N4. The van der Waals surface area contributed by atoms with Crippen molar-refractivity contribution in [3.63, 3.8) is 0 Å². The van der Waals surface area contributed by atoms with Gasteiger partial charge in [-0.25, -0.2) is 4.98 Å². The summed E-state index contributed by atoms with van der Waals surface area (Å²) in [4.78, 5) is 7.59. The summed E-state index contributed by atoms with van der Waals surface area (Å²) in [7, 11) is 1.53. The molecule has 0 atom stereocenters. The predicted octanol–water partition coefficient (Wildman–Crippen LogP) is 3.28. The van der Waals surface area contributed by atoms with Crippen LogP contribution in [0.3, 0.4) is 0 Å². The average Bonchev–Trinajstić information content (AvgIpc) is 2.38. The number of hydrogen-bond acceptors (Lipinski definition) is 4. The molecule has 106 valence electrons. The van der Waals surface area contributed by atoms with Gasteiger partial charge in [0.2, 0.25) is 5.95 Å². The molecule has 7 heteroatoms. The third-order valence-electron chi connectivity index (χ3n) is 3.21. The van der Waals surface area contributed by atoms with Crippen LogP contribution in [0.5, 0.6) is 0 Å². The van der Waals surface area contributed by atoms with Gasteiger partial charge in [0.15, 0.2) is 5.69 Å². The molecule has 1 aromatic heterocycles. The summed E-state index contributed by atoms with van der Waals surface area (Å²) in [6.45, 7) is 0. The van der Waals surface area contributed by atoms with Crippen LogP contribution in [-0.2, 0) is 6.18 Å². The Hall–Kier alpha value is -1.53. The molecule has 0 saturated heterocycles. The first-order valence-electron chi connectivity index (χ1n) is 6.39. The second kappa shape index (κ2) is 5.63. The zero-order valence-electron chi connectivity index (χ0n) is 10.7. The zero-order chi connectivity index (χ0) is 13.9. The number of aromatic nitrogens is 2. The fraction of sp³-hybridized carbons (Fsp3) is 0.667. The minimum atomic E-state index is -4.46. The molecular weight excluding hydrogens is 257 g/mol. The summed E-state index contributed by atoms with van der Waals surface area (Å²) in [5.41, 5.74) is -0.926. The van der Waals surface area contributed by atoms with Gasteiger partial charge in [0.05, 0.1) is 0 Å². The monoisotopic (exact) mass is 274 g/mol. The van der Waals surface area contributed by atoms with Gasteiger partial charge < -0.3 is 10.6 Å². The Labute approximate surface area is 109 Å². The highest BCUT2D eigenvalue weighted by atomic mass is 19.4. The Bertz CT molecular complexity index is 427. The number of hydrogen-bond donors (Lipinski definition) is 2. The summed E-state index contributed by atoms with van der Waals surface area (Å²) >= 11 is 0. The molecule has 4 nitrogen and oxygen atoms in total. The van der Waals surface area contributed by atoms with Crippen molar-refractivity contribution in [2.45, 2.75) is 44.3 Å². The molecule has 1 aliphatic carbocycles. The van der Waals surface area contributed by atoms with Crippen LogP contribution in [0.1, 0.15) is 37.8 Å². The van der Waals surface area contributed by atoms with Gasteiger partial charge in [0, 0.05) is 19.2 Å². The van der Waals surface area contributed by atoms with E-state index in [0.717, 1.165) is 31.7 Å².